The highest BCUT2D eigenvalue weighted by molar-refractivity contribution is 5.66. The molecule has 0 saturated carbocycles. The van der Waals surface area contributed by atoms with E-state index in [1.807, 2.05) is 6.08 Å². The largest absolute Gasteiger partial charge is 0.312 e. The quantitative estimate of drug-likeness (QED) is 0.653. The second kappa shape index (κ2) is 3.06. The van der Waals surface area contributed by atoms with Gasteiger partial charge in [-0.15, -0.1) is 5.10 Å². The lowest BCUT2D eigenvalue weighted by Crippen LogP contribution is -2.21. The van der Waals surface area contributed by atoms with E-state index in [1.165, 1.54) is 0 Å². The Morgan fingerprint density at radius 1 is 1.50 bits per heavy atom. The molecule has 0 saturated heterocycles. The highest BCUT2D eigenvalue weighted by Crippen LogP contribution is 2.17. The van der Waals surface area contributed by atoms with Crippen LogP contribution in [0.1, 0.15) is 12.0 Å². The molecule has 0 fully saturated rings. The van der Waals surface area contributed by atoms with Gasteiger partial charge in [0.1, 0.15) is 0 Å². The van der Waals surface area contributed by atoms with Crippen molar-refractivity contribution < 1.29 is 4.39 Å². The summed E-state index contributed by atoms with van der Waals surface area (Å²) >= 11 is 0. The first-order valence-electron chi connectivity index (χ1n) is 3.97. The molecule has 3 nitrogen and oxygen atoms in total. The Morgan fingerprint density at radius 2 is 2.42 bits per heavy atom. The molecule has 4 heteroatoms. The maximum atomic E-state index is 12.9. The second-order valence-electron chi connectivity index (χ2n) is 2.78. The van der Waals surface area contributed by atoms with E-state index in [-0.39, 0.29) is 0 Å². The Morgan fingerprint density at radius 3 is 3.00 bits per heavy atom. The van der Waals surface area contributed by atoms with E-state index in [2.05, 4.69) is 15.5 Å². The minimum atomic E-state index is -0.412. The molecular formula is C8H10FN3. The number of aromatic amines is 1. The van der Waals surface area contributed by atoms with Gasteiger partial charge in [0.25, 0.3) is 0 Å². The van der Waals surface area contributed by atoms with Gasteiger partial charge in [-0.25, -0.2) is 0 Å². The Bertz CT molecular complexity index is 303. The summed E-state index contributed by atoms with van der Waals surface area (Å²) in [5, 5.41) is 9.11. The van der Waals surface area contributed by atoms with Crippen molar-refractivity contribution in [2.45, 2.75) is 6.42 Å². The van der Waals surface area contributed by atoms with Crippen LogP contribution in [0.4, 0.5) is 4.39 Å². The van der Waals surface area contributed by atoms with Gasteiger partial charge in [0.2, 0.25) is 5.95 Å². The molecule has 1 aromatic heterocycles. The van der Waals surface area contributed by atoms with E-state index in [1.54, 1.807) is 6.20 Å². The third-order valence-electron chi connectivity index (χ3n) is 1.97. The Kier molecular flexibility index (Phi) is 1.91. The fourth-order valence-corrected chi connectivity index (χ4v) is 1.35. The maximum Gasteiger partial charge on any atom is 0.239 e. The lowest BCUT2D eigenvalue weighted by molar-refractivity contribution is 0.574. The summed E-state index contributed by atoms with van der Waals surface area (Å²) in [7, 11) is 0. The number of hydrogen-bond acceptors (Lipinski definition) is 2. The number of nitrogens with one attached hydrogen (secondary N) is 2. The summed E-state index contributed by atoms with van der Waals surface area (Å²) < 4.78 is 12.9. The van der Waals surface area contributed by atoms with Crippen molar-refractivity contribution >= 4 is 5.57 Å². The van der Waals surface area contributed by atoms with Gasteiger partial charge in [-0.05, 0) is 18.5 Å². The summed E-state index contributed by atoms with van der Waals surface area (Å²) in [6, 6.07) is 0. The van der Waals surface area contributed by atoms with Gasteiger partial charge in [0.05, 0.1) is 5.56 Å². The van der Waals surface area contributed by atoms with E-state index in [9.17, 15) is 4.39 Å². The van der Waals surface area contributed by atoms with Crippen molar-refractivity contribution in [1.29, 1.82) is 0 Å². The van der Waals surface area contributed by atoms with E-state index in [0.717, 1.165) is 25.1 Å². The summed E-state index contributed by atoms with van der Waals surface area (Å²) in [5.41, 5.74) is 1.58. The Hall–Kier alpha value is -1.16. The standard InChI is InChI=1S/C8H10FN3/c9-8-7(5-11-12-8)6-2-1-3-10-4-6/h2,5,10H,1,3-4H2,(H,11,12). The first-order chi connectivity index (χ1) is 5.88. The molecule has 0 bridgehead atoms. The van der Waals surface area contributed by atoms with Gasteiger partial charge >= 0.3 is 0 Å². The molecule has 0 aromatic carbocycles. The maximum absolute atomic E-state index is 12.9. The molecule has 0 aliphatic carbocycles. The molecule has 2 N–H and O–H groups in total. The zero-order valence-corrected chi connectivity index (χ0v) is 6.60. The van der Waals surface area contributed by atoms with Crippen molar-refractivity contribution in [1.82, 2.24) is 15.5 Å². The molecule has 0 unspecified atom stereocenters. The molecule has 2 heterocycles. The summed E-state index contributed by atoms with van der Waals surface area (Å²) in [6.07, 6.45) is 4.60. The first kappa shape index (κ1) is 7.49. The average Bonchev–Trinajstić information content (AvgIpc) is 2.53. The molecule has 0 amide bonds. The monoisotopic (exact) mass is 167 g/mol. The highest BCUT2D eigenvalue weighted by atomic mass is 19.1. The van der Waals surface area contributed by atoms with Crippen LogP contribution in [0.25, 0.3) is 5.57 Å². The van der Waals surface area contributed by atoms with Crippen LogP contribution in [-0.4, -0.2) is 23.3 Å². The SMILES string of the molecule is Fc1n[nH]cc1C1=CCCNC1. The van der Waals surface area contributed by atoms with E-state index < -0.39 is 5.95 Å². The first-order valence-corrected chi connectivity index (χ1v) is 3.97. The van der Waals surface area contributed by atoms with Crippen LogP contribution in [0.3, 0.4) is 0 Å². The molecule has 1 aliphatic rings. The van der Waals surface area contributed by atoms with Crippen molar-refractivity contribution in [3.63, 3.8) is 0 Å². The third kappa shape index (κ3) is 1.25. The molecule has 0 radical (unpaired) electrons. The lowest BCUT2D eigenvalue weighted by atomic mass is 10.1. The normalized spacial score (nSPS) is 17.6. The van der Waals surface area contributed by atoms with Crippen molar-refractivity contribution in [2.75, 3.05) is 13.1 Å². The molecule has 1 aromatic rings. The summed E-state index contributed by atoms with van der Waals surface area (Å²) in [5.74, 6) is -0.412. The van der Waals surface area contributed by atoms with E-state index >= 15 is 0 Å². The second-order valence-corrected chi connectivity index (χ2v) is 2.78. The fourth-order valence-electron chi connectivity index (χ4n) is 1.35. The number of H-pyrrole nitrogens is 1. The van der Waals surface area contributed by atoms with Crippen LogP contribution in [0.15, 0.2) is 12.3 Å². The number of aromatic nitrogens is 2. The molecule has 12 heavy (non-hydrogen) atoms. The Labute approximate surface area is 69.7 Å². The topological polar surface area (TPSA) is 40.7 Å². The molecule has 0 atom stereocenters. The van der Waals surface area contributed by atoms with Gasteiger partial charge in [-0.1, -0.05) is 6.08 Å². The molecule has 1 aliphatic heterocycles. The molecule has 2 rings (SSSR count). The Balaban J connectivity index is 2.29. The number of nitrogens with zero attached hydrogens (tertiary/aromatic N) is 1. The molecule has 0 spiro atoms. The zero-order chi connectivity index (χ0) is 8.39. The van der Waals surface area contributed by atoms with Crippen molar-refractivity contribution in [2.24, 2.45) is 0 Å². The smallest absolute Gasteiger partial charge is 0.239 e. The van der Waals surface area contributed by atoms with E-state index in [0.29, 0.717) is 5.56 Å². The summed E-state index contributed by atoms with van der Waals surface area (Å²) in [6.45, 7) is 1.71. The van der Waals surface area contributed by atoms with Crippen LogP contribution in [0.5, 0.6) is 0 Å². The highest BCUT2D eigenvalue weighted by Gasteiger charge is 2.11. The summed E-state index contributed by atoms with van der Waals surface area (Å²) in [4.78, 5) is 0. The number of halogens is 1. The fraction of sp³-hybridized carbons (Fsp3) is 0.375. The average molecular weight is 167 g/mol. The van der Waals surface area contributed by atoms with Crippen LogP contribution < -0.4 is 5.32 Å². The van der Waals surface area contributed by atoms with Gasteiger partial charge in [0.15, 0.2) is 0 Å². The third-order valence-corrected chi connectivity index (χ3v) is 1.97. The molecular weight excluding hydrogens is 157 g/mol. The molecule has 64 valence electrons. The number of rotatable bonds is 1. The predicted molar refractivity (Wildman–Crippen MR) is 44.0 cm³/mol. The number of hydrogen-bond donors (Lipinski definition) is 2. The minimum Gasteiger partial charge on any atom is -0.312 e. The predicted octanol–water partition coefficient (Wildman–Crippen LogP) is 0.925. The van der Waals surface area contributed by atoms with Crippen molar-refractivity contribution in [3.8, 4) is 0 Å². The van der Waals surface area contributed by atoms with E-state index in [4.69, 9.17) is 0 Å². The lowest BCUT2D eigenvalue weighted by Gasteiger charge is -2.12. The van der Waals surface area contributed by atoms with Crippen LogP contribution in [0.2, 0.25) is 0 Å². The van der Waals surface area contributed by atoms with Gasteiger partial charge in [0, 0.05) is 12.7 Å². The zero-order valence-electron chi connectivity index (χ0n) is 6.60. The van der Waals surface area contributed by atoms with Gasteiger partial charge < -0.3 is 5.32 Å². The van der Waals surface area contributed by atoms with Crippen LogP contribution in [-0.2, 0) is 0 Å². The van der Waals surface area contributed by atoms with Crippen LogP contribution >= 0.6 is 0 Å². The minimum absolute atomic E-state index is 0.412. The van der Waals surface area contributed by atoms with Gasteiger partial charge in [-0.3, -0.25) is 5.10 Å². The van der Waals surface area contributed by atoms with Crippen LogP contribution in [0, 0.1) is 5.95 Å². The van der Waals surface area contributed by atoms with Gasteiger partial charge in [-0.2, -0.15) is 4.39 Å². The van der Waals surface area contributed by atoms with Crippen molar-refractivity contribution in [3.05, 3.63) is 23.8 Å².